The summed E-state index contributed by atoms with van der Waals surface area (Å²) >= 11 is 0. The summed E-state index contributed by atoms with van der Waals surface area (Å²) in [6, 6.07) is 6.19. The predicted octanol–water partition coefficient (Wildman–Crippen LogP) is 2.73. The maximum Gasteiger partial charge on any atom is 0.0916 e. The van der Waals surface area contributed by atoms with Gasteiger partial charge in [0.05, 0.1) is 6.10 Å². The molecule has 90 valence electrons. The van der Waals surface area contributed by atoms with Gasteiger partial charge in [-0.3, -0.25) is 0 Å². The minimum atomic E-state index is -0.391. The van der Waals surface area contributed by atoms with Crippen molar-refractivity contribution in [1.82, 2.24) is 5.32 Å². The Morgan fingerprint density at radius 2 is 2.06 bits per heavy atom. The lowest BCUT2D eigenvalue weighted by molar-refractivity contribution is 0.174. The minimum absolute atomic E-state index is 0.391. The van der Waals surface area contributed by atoms with Gasteiger partial charge < -0.3 is 10.4 Å². The molecule has 0 aliphatic carbocycles. The standard InChI is InChI=1S/C14H23NO/c1-4-5-8-15-10-14(16)13-7-6-11(2)9-12(13)3/h6-7,9,14-16H,4-5,8,10H2,1-3H3. The summed E-state index contributed by atoms with van der Waals surface area (Å²) in [5.74, 6) is 0. The Labute approximate surface area is 98.7 Å². The fourth-order valence-electron chi connectivity index (χ4n) is 1.85. The second kappa shape index (κ2) is 6.66. The van der Waals surface area contributed by atoms with Crippen molar-refractivity contribution < 1.29 is 5.11 Å². The topological polar surface area (TPSA) is 32.3 Å². The summed E-state index contributed by atoms with van der Waals surface area (Å²) in [6.45, 7) is 7.92. The van der Waals surface area contributed by atoms with Crippen molar-refractivity contribution in [2.75, 3.05) is 13.1 Å². The van der Waals surface area contributed by atoms with E-state index in [1.807, 2.05) is 6.07 Å². The van der Waals surface area contributed by atoms with Gasteiger partial charge in [-0.05, 0) is 37.9 Å². The molecule has 1 atom stereocenters. The highest BCUT2D eigenvalue weighted by molar-refractivity contribution is 5.32. The molecule has 0 aromatic heterocycles. The molecule has 1 aromatic rings. The van der Waals surface area contributed by atoms with Crippen LogP contribution in [0.3, 0.4) is 0 Å². The Balaban J connectivity index is 2.49. The number of aliphatic hydroxyl groups is 1. The molecule has 16 heavy (non-hydrogen) atoms. The predicted molar refractivity (Wildman–Crippen MR) is 68.7 cm³/mol. The van der Waals surface area contributed by atoms with Gasteiger partial charge in [-0.2, -0.15) is 0 Å². The molecule has 0 radical (unpaired) electrons. The number of hydrogen-bond donors (Lipinski definition) is 2. The highest BCUT2D eigenvalue weighted by Gasteiger charge is 2.09. The first-order valence-electron chi connectivity index (χ1n) is 6.11. The van der Waals surface area contributed by atoms with E-state index in [0.29, 0.717) is 6.54 Å². The summed E-state index contributed by atoms with van der Waals surface area (Å²) in [5.41, 5.74) is 3.45. The molecule has 0 heterocycles. The normalized spacial score (nSPS) is 12.8. The number of benzene rings is 1. The van der Waals surface area contributed by atoms with E-state index in [-0.39, 0.29) is 0 Å². The molecule has 2 nitrogen and oxygen atoms in total. The Kier molecular flexibility index (Phi) is 5.50. The SMILES string of the molecule is CCCCNCC(O)c1ccc(C)cc1C. The van der Waals surface area contributed by atoms with Crippen LogP contribution in [0.4, 0.5) is 0 Å². The number of rotatable bonds is 6. The first-order valence-corrected chi connectivity index (χ1v) is 6.11. The van der Waals surface area contributed by atoms with Crippen molar-refractivity contribution in [3.8, 4) is 0 Å². The third-order valence-corrected chi connectivity index (χ3v) is 2.83. The number of aliphatic hydroxyl groups excluding tert-OH is 1. The van der Waals surface area contributed by atoms with Crippen LogP contribution in [-0.2, 0) is 0 Å². The second-order valence-electron chi connectivity index (χ2n) is 4.43. The van der Waals surface area contributed by atoms with Gasteiger partial charge in [0.15, 0.2) is 0 Å². The molecule has 0 bridgehead atoms. The zero-order valence-electron chi connectivity index (χ0n) is 10.6. The molecule has 0 aliphatic rings. The largest absolute Gasteiger partial charge is 0.387 e. The quantitative estimate of drug-likeness (QED) is 0.724. The third-order valence-electron chi connectivity index (χ3n) is 2.83. The van der Waals surface area contributed by atoms with E-state index < -0.39 is 6.10 Å². The molecule has 0 aliphatic heterocycles. The summed E-state index contributed by atoms with van der Waals surface area (Å²) < 4.78 is 0. The van der Waals surface area contributed by atoms with Crippen molar-refractivity contribution in [2.24, 2.45) is 0 Å². The van der Waals surface area contributed by atoms with Crippen LogP contribution in [0.1, 0.15) is 42.6 Å². The van der Waals surface area contributed by atoms with E-state index in [9.17, 15) is 5.11 Å². The van der Waals surface area contributed by atoms with Crippen LogP contribution >= 0.6 is 0 Å². The lowest BCUT2D eigenvalue weighted by Gasteiger charge is -2.15. The van der Waals surface area contributed by atoms with Gasteiger partial charge in [-0.25, -0.2) is 0 Å². The lowest BCUT2D eigenvalue weighted by atomic mass is 10.0. The second-order valence-corrected chi connectivity index (χ2v) is 4.43. The van der Waals surface area contributed by atoms with Crippen molar-refractivity contribution in [1.29, 1.82) is 0 Å². The van der Waals surface area contributed by atoms with Crippen LogP contribution < -0.4 is 5.32 Å². The van der Waals surface area contributed by atoms with E-state index >= 15 is 0 Å². The van der Waals surface area contributed by atoms with Crippen LogP contribution in [-0.4, -0.2) is 18.2 Å². The molecule has 0 saturated carbocycles. The molecule has 0 saturated heterocycles. The fraction of sp³-hybridized carbons (Fsp3) is 0.571. The summed E-state index contributed by atoms with van der Waals surface area (Å²) in [5, 5.41) is 13.3. The van der Waals surface area contributed by atoms with Crippen LogP contribution in [0, 0.1) is 13.8 Å². The molecular formula is C14H23NO. The molecule has 1 rings (SSSR count). The van der Waals surface area contributed by atoms with Crippen LogP contribution in [0.15, 0.2) is 18.2 Å². The minimum Gasteiger partial charge on any atom is -0.387 e. The Morgan fingerprint density at radius 1 is 1.31 bits per heavy atom. The van der Waals surface area contributed by atoms with E-state index in [1.54, 1.807) is 0 Å². The van der Waals surface area contributed by atoms with Gasteiger partial charge in [-0.15, -0.1) is 0 Å². The third kappa shape index (κ3) is 3.95. The van der Waals surface area contributed by atoms with Gasteiger partial charge in [0.25, 0.3) is 0 Å². The highest BCUT2D eigenvalue weighted by Crippen LogP contribution is 2.18. The molecule has 0 spiro atoms. The summed E-state index contributed by atoms with van der Waals surface area (Å²) in [7, 11) is 0. The first kappa shape index (κ1) is 13.2. The summed E-state index contributed by atoms with van der Waals surface area (Å²) in [6.07, 6.45) is 1.96. The number of aryl methyl sites for hydroxylation is 2. The Morgan fingerprint density at radius 3 is 2.69 bits per heavy atom. The van der Waals surface area contributed by atoms with Crippen molar-refractivity contribution >= 4 is 0 Å². The molecule has 1 aromatic carbocycles. The van der Waals surface area contributed by atoms with Crippen LogP contribution in [0.25, 0.3) is 0 Å². The van der Waals surface area contributed by atoms with Gasteiger partial charge in [0.1, 0.15) is 0 Å². The Hall–Kier alpha value is -0.860. The number of nitrogens with one attached hydrogen (secondary N) is 1. The van der Waals surface area contributed by atoms with E-state index in [1.165, 1.54) is 24.0 Å². The lowest BCUT2D eigenvalue weighted by Crippen LogP contribution is -2.22. The molecule has 2 heteroatoms. The molecule has 2 N–H and O–H groups in total. The van der Waals surface area contributed by atoms with E-state index in [2.05, 4.69) is 38.2 Å². The fourth-order valence-corrected chi connectivity index (χ4v) is 1.85. The maximum atomic E-state index is 10.0. The smallest absolute Gasteiger partial charge is 0.0916 e. The number of unbranched alkanes of at least 4 members (excludes halogenated alkanes) is 1. The van der Waals surface area contributed by atoms with Crippen molar-refractivity contribution in [2.45, 2.75) is 39.7 Å². The molecule has 0 fully saturated rings. The molecular weight excluding hydrogens is 198 g/mol. The maximum absolute atomic E-state index is 10.0. The van der Waals surface area contributed by atoms with Crippen LogP contribution in [0.2, 0.25) is 0 Å². The van der Waals surface area contributed by atoms with Gasteiger partial charge in [0.2, 0.25) is 0 Å². The molecule has 1 unspecified atom stereocenters. The number of hydrogen-bond acceptors (Lipinski definition) is 2. The van der Waals surface area contributed by atoms with Gasteiger partial charge >= 0.3 is 0 Å². The average molecular weight is 221 g/mol. The van der Waals surface area contributed by atoms with Gasteiger partial charge in [0, 0.05) is 6.54 Å². The first-order chi connectivity index (χ1) is 7.65. The highest BCUT2D eigenvalue weighted by atomic mass is 16.3. The van der Waals surface area contributed by atoms with Crippen molar-refractivity contribution in [3.63, 3.8) is 0 Å². The molecule has 0 amide bonds. The Bertz CT molecular complexity index is 323. The van der Waals surface area contributed by atoms with Gasteiger partial charge in [-0.1, -0.05) is 37.1 Å². The van der Waals surface area contributed by atoms with Crippen molar-refractivity contribution in [3.05, 3.63) is 34.9 Å². The van der Waals surface area contributed by atoms with E-state index in [4.69, 9.17) is 0 Å². The zero-order valence-corrected chi connectivity index (χ0v) is 10.6. The summed E-state index contributed by atoms with van der Waals surface area (Å²) in [4.78, 5) is 0. The van der Waals surface area contributed by atoms with Crippen LogP contribution in [0.5, 0.6) is 0 Å². The average Bonchev–Trinajstić information content (AvgIpc) is 2.24. The monoisotopic (exact) mass is 221 g/mol. The zero-order chi connectivity index (χ0) is 12.0. The van der Waals surface area contributed by atoms with E-state index in [0.717, 1.165) is 12.1 Å².